The van der Waals surface area contributed by atoms with Crippen LogP contribution in [0.5, 0.6) is 0 Å². The number of rotatable bonds is 3. The summed E-state index contributed by atoms with van der Waals surface area (Å²) in [5.41, 5.74) is 2.48. The molecule has 23 heavy (non-hydrogen) atoms. The molecule has 4 rings (SSSR count). The maximum absolute atomic E-state index is 12.7. The van der Waals surface area contributed by atoms with Crippen molar-refractivity contribution in [2.75, 3.05) is 11.5 Å². The monoisotopic (exact) mass is 346 g/mol. The van der Waals surface area contributed by atoms with E-state index in [0.29, 0.717) is 16.3 Å². The molecule has 3 heterocycles. The van der Waals surface area contributed by atoms with Gasteiger partial charge in [0.2, 0.25) is 0 Å². The van der Waals surface area contributed by atoms with Gasteiger partial charge in [-0.15, -0.1) is 11.8 Å². The molecule has 0 saturated carbocycles. The summed E-state index contributed by atoms with van der Waals surface area (Å²) in [5.74, 6) is 0.698. The lowest BCUT2D eigenvalue weighted by Gasteiger charge is -2.23. The Morgan fingerprint density at radius 3 is 2.78 bits per heavy atom. The van der Waals surface area contributed by atoms with Crippen LogP contribution in [0, 0.1) is 6.92 Å². The Morgan fingerprint density at radius 2 is 2.00 bits per heavy atom. The van der Waals surface area contributed by atoms with E-state index >= 15 is 0 Å². The van der Waals surface area contributed by atoms with Crippen molar-refractivity contribution in [2.45, 2.75) is 22.9 Å². The van der Waals surface area contributed by atoms with Gasteiger partial charge in [0.05, 0.1) is 23.0 Å². The van der Waals surface area contributed by atoms with Gasteiger partial charge in [0.1, 0.15) is 16.9 Å². The summed E-state index contributed by atoms with van der Waals surface area (Å²) in [6, 6.07) is 6.81. The number of hydrogen-bond donors (Lipinski definition) is 0. The molecule has 1 aliphatic heterocycles. The van der Waals surface area contributed by atoms with Crippen LogP contribution in [-0.4, -0.2) is 39.4 Å². The number of hydrogen-bond acceptors (Lipinski definition) is 6. The molecule has 0 spiro atoms. The van der Waals surface area contributed by atoms with Crippen LogP contribution in [0.25, 0.3) is 11.2 Å². The molecule has 118 valence electrons. The Bertz CT molecular complexity index is 980. The van der Waals surface area contributed by atoms with Gasteiger partial charge in [-0.25, -0.2) is 23.4 Å². The number of aryl methyl sites for hydroxylation is 1. The highest BCUT2D eigenvalue weighted by Crippen LogP contribution is 2.35. The number of benzene rings is 1. The topological polar surface area (TPSA) is 77.7 Å². The van der Waals surface area contributed by atoms with Gasteiger partial charge in [0.25, 0.3) is 0 Å². The van der Waals surface area contributed by atoms with Crippen molar-refractivity contribution >= 4 is 32.8 Å². The molecular weight excluding hydrogens is 332 g/mol. The molecule has 0 unspecified atom stereocenters. The molecule has 0 amide bonds. The van der Waals surface area contributed by atoms with Gasteiger partial charge in [0, 0.05) is 5.75 Å². The molecule has 1 atom stereocenters. The van der Waals surface area contributed by atoms with Crippen LogP contribution in [-0.2, 0) is 9.84 Å². The lowest BCUT2D eigenvalue weighted by molar-refractivity contribution is 0.563. The van der Waals surface area contributed by atoms with Crippen LogP contribution in [0.4, 0.5) is 0 Å². The standard InChI is InChI=1S/C15H14N4O2S2/c1-10-2-4-12(5-3-10)23(20,21)7-11-6-22-15-13-14(16-8-17-15)18-9-19(11)13/h2-5,8-9,11H,6-7H2,1H3/t11-/m0/s1. The van der Waals surface area contributed by atoms with Crippen LogP contribution in [0.1, 0.15) is 11.6 Å². The highest BCUT2D eigenvalue weighted by Gasteiger charge is 2.29. The van der Waals surface area contributed by atoms with Crippen LogP contribution < -0.4 is 0 Å². The largest absolute Gasteiger partial charge is 0.322 e. The summed E-state index contributed by atoms with van der Waals surface area (Å²) in [6.45, 7) is 1.94. The van der Waals surface area contributed by atoms with Crippen LogP contribution in [0.2, 0.25) is 0 Å². The minimum Gasteiger partial charge on any atom is -0.322 e. The van der Waals surface area contributed by atoms with E-state index < -0.39 is 9.84 Å². The minimum absolute atomic E-state index is 0.0445. The lowest BCUT2D eigenvalue weighted by Crippen LogP contribution is -2.24. The summed E-state index contributed by atoms with van der Waals surface area (Å²) in [4.78, 5) is 13.0. The number of aromatic nitrogens is 4. The van der Waals surface area contributed by atoms with E-state index in [1.807, 2.05) is 23.6 Å². The normalized spacial score (nSPS) is 17.5. The first-order valence-corrected chi connectivity index (χ1v) is 9.78. The van der Waals surface area contributed by atoms with Crippen molar-refractivity contribution in [2.24, 2.45) is 0 Å². The SMILES string of the molecule is Cc1ccc(S(=O)(=O)C[C@@H]2CSc3ncnc4ncn2c34)cc1. The fourth-order valence-electron chi connectivity index (χ4n) is 2.71. The molecule has 1 aliphatic rings. The molecule has 0 N–H and O–H groups in total. The number of nitrogens with zero attached hydrogens (tertiary/aromatic N) is 4. The highest BCUT2D eigenvalue weighted by molar-refractivity contribution is 7.99. The van der Waals surface area contributed by atoms with Crippen molar-refractivity contribution in [1.82, 2.24) is 19.5 Å². The maximum Gasteiger partial charge on any atom is 0.181 e. The Hall–Kier alpha value is -1.93. The predicted molar refractivity (Wildman–Crippen MR) is 88.3 cm³/mol. The van der Waals surface area contributed by atoms with Crippen molar-refractivity contribution in [3.63, 3.8) is 0 Å². The summed E-state index contributed by atoms with van der Waals surface area (Å²) in [5, 5.41) is 0.858. The zero-order valence-electron chi connectivity index (χ0n) is 12.4. The van der Waals surface area contributed by atoms with E-state index in [-0.39, 0.29) is 11.8 Å². The quantitative estimate of drug-likeness (QED) is 0.677. The molecule has 0 aliphatic carbocycles. The molecule has 1 aromatic carbocycles. The van der Waals surface area contributed by atoms with E-state index in [1.54, 1.807) is 30.2 Å². The molecule has 0 bridgehead atoms. The Labute approximate surface area is 137 Å². The summed E-state index contributed by atoms with van der Waals surface area (Å²) in [6.07, 6.45) is 3.16. The molecule has 0 fully saturated rings. The van der Waals surface area contributed by atoms with E-state index in [0.717, 1.165) is 16.1 Å². The zero-order valence-corrected chi connectivity index (χ0v) is 14.0. The van der Waals surface area contributed by atoms with Crippen molar-refractivity contribution in [1.29, 1.82) is 0 Å². The zero-order chi connectivity index (χ0) is 16.0. The van der Waals surface area contributed by atoms with E-state index in [9.17, 15) is 8.42 Å². The van der Waals surface area contributed by atoms with Crippen LogP contribution in [0.15, 0.2) is 46.8 Å². The number of imidazole rings is 1. The van der Waals surface area contributed by atoms with Gasteiger partial charge in [-0.05, 0) is 19.1 Å². The molecule has 2 aromatic heterocycles. The van der Waals surface area contributed by atoms with Gasteiger partial charge in [-0.1, -0.05) is 17.7 Å². The van der Waals surface area contributed by atoms with E-state index in [1.165, 1.54) is 6.33 Å². The van der Waals surface area contributed by atoms with Crippen LogP contribution >= 0.6 is 11.8 Å². The van der Waals surface area contributed by atoms with Crippen molar-refractivity contribution in [3.8, 4) is 0 Å². The van der Waals surface area contributed by atoms with Crippen molar-refractivity contribution < 1.29 is 8.42 Å². The minimum atomic E-state index is -3.36. The molecule has 8 heteroatoms. The third-order valence-electron chi connectivity index (χ3n) is 3.93. The van der Waals surface area contributed by atoms with Gasteiger partial charge in [-0.2, -0.15) is 0 Å². The Morgan fingerprint density at radius 1 is 1.22 bits per heavy atom. The van der Waals surface area contributed by atoms with Crippen LogP contribution in [0.3, 0.4) is 0 Å². The lowest BCUT2D eigenvalue weighted by atomic mass is 10.2. The second-order valence-electron chi connectivity index (χ2n) is 5.56. The number of thioether (sulfide) groups is 1. The fraction of sp³-hybridized carbons (Fsp3) is 0.267. The first-order chi connectivity index (χ1) is 11.0. The Kier molecular flexibility index (Phi) is 3.38. The first-order valence-electron chi connectivity index (χ1n) is 7.14. The van der Waals surface area contributed by atoms with Gasteiger partial charge in [0.15, 0.2) is 15.5 Å². The van der Waals surface area contributed by atoms with Gasteiger partial charge >= 0.3 is 0 Å². The van der Waals surface area contributed by atoms with Crippen molar-refractivity contribution in [3.05, 3.63) is 42.5 Å². The van der Waals surface area contributed by atoms with Gasteiger partial charge < -0.3 is 4.57 Å². The smallest absolute Gasteiger partial charge is 0.181 e. The van der Waals surface area contributed by atoms with E-state index in [4.69, 9.17) is 0 Å². The first kappa shape index (κ1) is 14.6. The second kappa shape index (κ2) is 5.31. The predicted octanol–water partition coefficient (Wildman–Crippen LogP) is 2.26. The highest BCUT2D eigenvalue weighted by atomic mass is 32.2. The second-order valence-corrected chi connectivity index (χ2v) is 8.61. The molecule has 0 saturated heterocycles. The summed E-state index contributed by atoms with van der Waals surface area (Å²) >= 11 is 1.56. The molecular formula is C15H14N4O2S2. The summed E-state index contributed by atoms with van der Waals surface area (Å²) in [7, 11) is -3.36. The Balaban J connectivity index is 1.71. The molecule has 0 radical (unpaired) electrons. The fourth-order valence-corrected chi connectivity index (χ4v) is 5.47. The number of sulfone groups is 1. The van der Waals surface area contributed by atoms with Gasteiger partial charge in [-0.3, -0.25) is 0 Å². The average molecular weight is 346 g/mol. The third kappa shape index (κ3) is 2.51. The summed E-state index contributed by atoms with van der Waals surface area (Å²) < 4.78 is 27.3. The van der Waals surface area contributed by atoms with E-state index in [2.05, 4.69) is 15.0 Å². The average Bonchev–Trinajstić information content (AvgIpc) is 2.97. The molecule has 3 aromatic rings. The third-order valence-corrected chi connectivity index (χ3v) is 6.87. The molecule has 6 nitrogen and oxygen atoms in total. The maximum atomic E-state index is 12.7.